The Morgan fingerprint density at radius 2 is 1.96 bits per heavy atom. The third-order valence-electron chi connectivity index (χ3n) is 5.78. The number of nitrogens with one attached hydrogen (secondary N) is 1. The molecule has 0 radical (unpaired) electrons. The fraction of sp³-hybridized carbons (Fsp3) is 0.429. The van der Waals surface area contributed by atoms with Gasteiger partial charge in [-0.2, -0.15) is 9.61 Å². The van der Waals surface area contributed by atoms with Crippen molar-refractivity contribution in [3.8, 4) is 11.3 Å². The Kier molecular flexibility index (Phi) is 4.08. The van der Waals surface area contributed by atoms with Gasteiger partial charge in [0.05, 0.1) is 11.8 Å². The van der Waals surface area contributed by atoms with Gasteiger partial charge in [-0.25, -0.2) is 9.37 Å². The number of nitrogens with zero attached hydrogens (tertiary/aromatic N) is 3. The van der Waals surface area contributed by atoms with Gasteiger partial charge >= 0.3 is 0 Å². The zero-order valence-corrected chi connectivity index (χ0v) is 15.2. The maximum atomic E-state index is 13.6. The number of aryl methyl sites for hydroxylation is 1. The number of benzene rings is 1. The standard InChI is InChI=1S/C21H23FN4O/c22-14-4-1-3-13(11-14)19-12-20-24-18-6-2-5-17(18)21(26(20)25-19)23-15-7-9-16(27)10-8-15/h1,3-4,11-12,15-16,23,27H,2,5-10H2. The van der Waals surface area contributed by atoms with Crippen molar-refractivity contribution in [2.45, 2.75) is 57.1 Å². The summed E-state index contributed by atoms with van der Waals surface area (Å²) in [5, 5.41) is 18.2. The second-order valence-electron chi connectivity index (χ2n) is 7.70. The monoisotopic (exact) mass is 366 g/mol. The van der Waals surface area contributed by atoms with E-state index >= 15 is 0 Å². The van der Waals surface area contributed by atoms with Crippen molar-refractivity contribution in [3.63, 3.8) is 0 Å². The normalized spacial score (nSPS) is 22.1. The van der Waals surface area contributed by atoms with E-state index in [4.69, 9.17) is 10.1 Å². The van der Waals surface area contributed by atoms with E-state index in [1.54, 1.807) is 6.07 Å². The van der Waals surface area contributed by atoms with Crippen LogP contribution in [0.3, 0.4) is 0 Å². The summed E-state index contributed by atoms with van der Waals surface area (Å²) in [5.74, 6) is 0.760. The van der Waals surface area contributed by atoms with Gasteiger partial charge in [-0.3, -0.25) is 0 Å². The van der Waals surface area contributed by atoms with Gasteiger partial charge in [-0.15, -0.1) is 0 Å². The number of hydrogen-bond acceptors (Lipinski definition) is 4. The lowest BCUT2D eigenvalue weighted by molar-refractivity contribution is 0.126. The largest absolute Gasteiger partial charge is 0.393 e. The first-order valence-corrected chi connectivity index (χ1v) is 9.79. The molecule has 2 aliphatic rings. The van der Waals surface area contributed by atoms with Crippen molar-refractivity contribution in [3.05, 3.63) is 47.4 Å². The average Bonchev–Trinajstić information content (AvgIpc) is 3.30. The van der Waals surface area contributed by atoms with Crippen molar-refractivity contribution < 1.29 is 9.50 Å². The van der Waals surface area contributed by atoms with Crippen LogP contribution in [0.2, 0.25) is 0 Å². The molecule has 0 unspecified atom stereocenters. The predicted octanol–water partition coefficient (Wildman–Crippen LogP) is 3.74. The van der Waals surface area contributed by atoms with Crippen molar-refractivity contribution in [2.75, 3.05) is 5.32 Å². The molecule has 0 aliphatic heterocycles. The van der Waals surface area contributed by atoms with E-state index in [9.17, 15) is 9.50 Å². The van der Waals surface area contributed by atoms with Crippen LogP contribution in [0.15, 0.2) is 30.3 Å². The lowest BCUT2D eigenvalue weighted by Gasteiger charge is -2.28. The summed E-state index contributed by atoms with van der Waals surface area (Å²) in [5.41, 5.74) is 4.68. The summed E-state index contributed by atoms with van der Waals surface area (Å²) in [6.07, 6.45) is 6.52. The van der Waals surface area contributed by atoms with E-state index in [1.807, 2.05) is 16.6 Å². The van der Waals surface area contributed by atoms with Crippen LogP contribution < -0.4 is 5.32 Å². The number of rotatable bonds is 3. The van der Waals surface area contributed by atoms with Gasteiger partial charge in [-0.1, -0.05) is 12.1 Å². The Balaban J connectivity index is 1.58. The van der Waals surface area contributed by atoms with Gasteiger partial charge in [0, 0.05) is 28.9 Å². The fourth-order valence-electron chi connectivity index (χ4n) is 4.34. The molecule has 1 saturated carbocycles. The van der Waals surface area contributed by atoms with Crippen LogP contribution in [0.1, 0.15) is 43.4 Å². The molecule has 0 amide bonds. The molecule has 5 rings (SSSR count). The minimum Gasteiger partial charge on any atom is -0.393 e. The van der Waals surface area contributed by atoms with Gasteiger partial charge in [-0.05, 0) is 57.1 Å². The maximum Gasteiger partial charge on any atom is 0.158 e. The second-order valence-corrected chi connectivity index (χ2v) is 7.70. The van der Waals surface area contributed by atoms with E-state index < -0.39 is 0 Å². The molecule has 3 aromatic rings. The molecule has 0 atom stereocenters. The van der Waals surface area contributed by atoms with Crippen LogP contribution in [0.5, 0.6) is 0 Å². The predicted molar refractivity (Wildman–Crippen MR) is 102 cm³/mol. The van der Waals surface area contributed by atoms with Gasteiger partial charge in [0.1, 0.15) is 11.6 Å². The van der Waals surface area contributed by atoms with Crippen molar-refractivity contribution in [1.82, 2.24) is 14.6 Å². The van der Waals surface area contributed by atoms with Crippen molar-refractivity contribution in [1.29, 1.82) is 0 Å². The highest BCUT2D eigenvalue weighted by atomic mass is 19.1. The van der Waals surface area contributed by atoms with Crippen molar-refractivity contribution >= 4 is 11.5 Å². The second kappa shape index (κ2) is 6.60. The number of aliphatic hydroxyl groups is 1. The minimum absolute atomic E-state index is 0.171. The average molecular weight is 366 g/mol. The molecule has 0 spiro atoms. The summed E-state index contributed by atoms with van der Waals surface area (Å²) in [7, 11) is 0. The summed E-state index contributed by atoms with van der Waals surface area (Å²) in [4.78, 5) is 4.82. The van der Waals surface area contributed by atoms with Crippen LogP contribution in [-0.4, -0.2) is 31.9 Å². The van der Waals surface area contributed by atoms with Gasteiger partial charge in [0.2, 0.25) is 0 Å². The molecule has 2 heterocycles. The van der Waals surface area contributed by atoms with Gasteiger partial charge < -0.3 is 10.4 Å². The first kappa shape index (κ1) is 16.7. The van der Waals surface area contributed by atoms with Crippen LogP contribution in [0.4, 0.5) is 10.2 Å². The Bertz CT molecular complexity index is 991. The van der Waals surface area contributed by atoms with E-state index in [0.29, 0.717) is 6.04 Å². The molecular formula is C21H23FN4O. The molecular weight excluding hydrogens is 343 g/mol. The summed E-state index contributed by atoms with van der Waals surface area (Å²) in [6.45, 7) is 0. The highest BCUT2D eigenvalue weighted by molar-refractivity contribution is 5.67. The zero-order valence-electron chi connectivity index (χ0n) is 15.2. The molecule has 2 N–H and O–H groups in total. The Hall–Kier alpha value is -2.47. The molecule has 6 heteroatoms. The first-order chi connectivity index (χ1) is 13.2. The third-order valence-corrected chi connectivity index (χ3v) is 5.78. The van der Waals surface area contributed by atoms with Crippen LogP contribution >= 0.6 is 0 Å². The van der Waals surface area contributed by atoms with Crippen LogP contribution in [0.25, 0.3) is 16.9 Å². The molecule has 140 valence electrons. The first-order valence-electron chi connectivity index (χ1n) is 9.79. The number of hydrogen-bond donors (Lipinski definition) is 2. The number of aliphatic hydroxyl groups excluding tert-OH is 1. The van der Waals surface area contributed by atoms with E-state index in [2.05, 4.69) is 5.32 Å². The molecule has 2 aromatic heterocycles. The Morgan fingerprint density at radius 3 is 2.78 bits per heavy atom. The van der Waals surface area contributed by atoms with Crippen LogP contribution in [-0.2, 0) is 12.8 Å². The molecule has 1 fully saturated rings. The van der Waals surface area contributed by atoms with E-state index in [-0.39, 0.29) is 11.9 Å². The SMILES string of the molecule is OC1CCC(Nc2c3c(nc4cc(-c5cccc(F)c5)nn24)CCC3)CC1. The molecule has 27 heavy (non-hydrogen) atoms. The zero-order chi connectivity index (χ0) is 18.4. The van der Waals surface area contributed by atoms with Gasteiger partial charge in [0.25, 0.3) is 0 Å². The topological polar surface area (TPSA) is 62.5 Å². The smallest absolute Gasteiger partial charge is 0.158 e. The fourth-order valence-corrected chi connectivity index (χ4v) is 4.34. The molecule has 5 nitrogen and oxygen atoms in total. The molecule has 0 bridgehead atoms. The van der Waals surface area contributed by atoms with E-state index in [1.165, 1.54) is 17.7 Å². The lowest BCUT2D eigenvalue weighted by atomic mass is 9.93. The molecule has 2 aliphatic carbocycles. The van der Waals surface area contributed by atoms with Crippen LogP contribution in [0, 0.1) is 5.82 Å². The number of anilines is 1. The highest BCUT2D eigenvalue weighted by Gasteiger charge is 2.25. The summed E-state index contributed by atoms with van der Waals surface area (Å²) in [6, 6.07) is 8.79. The lowest BCUT2D eigenvalue weighted by Crippen LogP contribution is -2.29. The maximum absolute atomic E-state index is 13.6. The Morgan fingerprint density at radius 1 is 1.11 bits per heavy atom. The molecule has 1 aromatic carbocycles. The van der Waals surface area contributed by atoms with Crippen molar-refractivity contribution in [2.24, 2.45) is 0 Å². The molecule has 0 saturated heterocycles. The number of aromatic nitrogens is 3. The number of fused-ring (bicyclic) bond motifs is 2. The minimum atomic E-state index is -0.265. The Labute approximate surface area is 157 Å². The quantitative estimate of drug-likeness (QED) is 0.741. The number of halogens is 1. The van der Waals surface area contributed by atoms with E-state index in [0.717, 1.165) is 73.4 Å². The summed E-state index contributed by atoms with van der Waals surface area (Å²) < 4.78 is 15.5. The third kappa shape index (κ3) is 3.08. The highest BCUT2D eigenvalue weighted by Crippen LogP contribution is 2.32. The summed E-state index contributed by atoms with van der Waals surface area (Å²) >= 11 is 0. The van der Waals surface area contributed by atoms with Gasteiger partial charge in [0.15, 0.2) is 5.65 Å².